The molecule has 4 heteroatoms. The maximum atomic E-state index is 12.0. The highest BCUT2D eigenvalue weighted by molar-refractivity contribution is 9.10. The van der Waals surface area contributed by atoms with Crippen molar-refractivity contribution in [1.82, 2.24) is 5.32 Å². The summed E-state index contributed by atoms with van der Waals surface area (Å²) in [5.74, 6) is 0.587. The van der Waals surface area contributed by atoms with Gasteiger partial charge in [0.2, 0.25) is 0 Å². The van der Waals surface area contributed by atoms with Gasteiger partial charge >= 0.3 is 5.97 Å². The molecule has 1 aromatic rings. The van der Waals surface area contributed by atoms with Gasteiger partial charge in [0.1, 0.15) is 0 Å². The van der Waals surface area contributed by atoms with E-state index < -0.39 is 0 Å². The molecule has 1 N–H and O–H groups in total. The lowest BCUT2D eigenvalue weighted by molar-refractivity contribution is 0.0376. The van der Waals surface area contributed by atoms with Crippen molar-refractivity contribution in [2.45, 2.75) is 39.3 Å². The minimum atomic E-state index is -0.245. The van der Waals surface area contributed by atoms with Crippen LogP contribution in [0.15, 0.2) is 22.7 Å². The van der Waals surface area contributed by atoms with E-state index in [9.17, 15) is 4.79 Å². The molecule has 1 fully saturated rings. The normalized spacial score (nSPS) is 14.7. The molecule has 0 saturated heterocycles. The first-order valence-corrected chi connectivity index (χ1v) is 7.55. The van der Waals surface area contributed by atoms with Gasteiger partial charge in [-0.25, -0.2) is 4.79 Å². The van der Waals surface area contributed by atoms with Gasteiger partial charge in [0.05, 0.1) is 11.7 Å². The predicted molar refractivity (Wildman–Crippen MR) is 79.1 cm³/mol. The summed E-state index contributed by atoms with van der Waals surface area (Å²) in [5.41, 5.74) is 1.64. The second-order valence-corrected chi connectivity index (χ2v) is 6.25. The maximum absolute atomic E-state index is 12.0. The summed E-state index contributed by atoms with van der Waals surface area (Å²) in [5, 5.41) is 3.41. The van der Waals surface area contributed by atoms with Crippen molar-refractivity contribution in [1.29, 1.82) is 0 Å². The number of nitrogens with one attached hydrogen (secondary N) is 1. The van der Waals surface area contributed by atoms with Crippen LogP contribution in [0.2, 0.25) is 0 Å². The molecule has 0 heterocycles. The zero-order chi connectivity index (χ0) is 13.8. The summed E-state index contributed by atoms with van der Waals surface area (Å²) >= 11 is 3.45. The molecular weight excluding hydrogens is 306 g/mol. The smallest absolute Gasteiger partial charge is 0.338 e. The van der Waals surface area contributed by atoms with Crippen molar-refractivity contribution >= 4 is 21.9 Å². The van der Waals surface area contributed by atoms with Crippen molar-refractivity contribution in [3.63, 3.8) is 0 Å². The maximum Gasteiger partial charge on any atom is 0.338 e. The van der Waals surface area contributed by atoms with Crippen LogP contribution in [-0.2, 0) is 11.3 Å². The van der Waals surface area contributed by atoms with Gasteiger partial charge in [-0.1, -0.05) is 15.9 Å². The van der Waals surface area contributed by atoms with E-state index in [1.54, 1.807) is 0 Å². The van der Waals surface area contributed by atoms with Crippen LogP contribution < -0.4 is 5.32 Å². The molecule has 2 rings (SSSR count). The minimum Gasteiger partial charge on any atom is -0.459 e. The average Bonchev–Trinajstić information content (AvgIpc) is 3.12. The third-order valence-electron chi connectivity index (χ3n) is 3.08. The van der Waals surface area contributed by atoms with Crippen LogP contribution in [0, 0.1) is 5.92 Å². The van der Waals surface area contributed by atoms with Crippen LogP contribution in [-0.4, -0.2) is 18.6 Å². The van der Waals surface area contributed by atoms with Gasteiger partial charge in [-0.3, -0.25) is 0 Å². The van der Waals surface area contributed by atoms with E-state index >= 15 is 0 Å². The Morgan fingerprint density at radius 1 is 1.47 bits per heavy atom. The first kappa shape index (κ1) is 14.5. The van der Waals surface area contributed by atoms with Gasteiger partial charge in [-0.05, 0) is 62.9 Å². The highest BCUT2D eigenvalue weighted by Crippen LogP contribution is 2.27. The number of ether oxygens (including phenoxy) is 1. The number of hydrogen-bond acceptors (Lipinski definition) is 3. The topological polar surface area (TPSA) is 38.3 Å². The molecule has 0 bridgehead atoms. The quantitative estimate of drug-likeness (QED) is 0.813. The SMILES string of the molecule is CC(C)OC(=O)c1ccc(Br)cc1CNCC1CC1. The van der Waals surface area contributed by atoms with Gasteiger partial charge in [-0.15, -0.1) is 0 Å². The number of benzene rings is 1. The fraction of sp³-hybridized carbons (Fsp3) is 0.533. The second kappa shape index (κ2) is 6.53. The Morgan fingerprint density at radius 3 is 2.84 bits per heavy atom. The lowest BCUT2D eigenvalue weighted by Crippen LogP contribution is -2.20. The van der Waals surface area contributed by atoms with Gasteiger partial charge in [0.25, 0.3) is 0 Å². The first-order valence-electron chi connectivity index (χ1n) is 6.76. The molecule has 1 aliphatic carbocycles. The number of carbonyl (C=O) groups is 1. The highest BCUT2D eigenvalue weighted by Gasteiger charge is 2.21. The van der Waals surface area contributed by atoms with Crippen molar-refractivity contribution in [2.75, 3.05) is 6.54 Å². The van der Waals surface area contributed by atoms with E-state index in [0.29, 0.717) is 12.1 Å². The Kier molecular flexibility index (Phi) is 4.99. The van der Waals surface area contributed by atoms with E-state index in [4.69, 9.17) is 4.74 Å². The summed E-state index contributed by atoms with van der Waals surface area (Å²) in [6.45, 7) is 5.47. The largest absolute Gasteiger partial charge is 0.459 e. The Hall–Kier alpha value is -0.870. The van der Waals surface area contributed by atoms with Crippen molar-refractivity contribution in [3.8, 4) is 0 Å². The second-order valence-electron chi connectivity index (χ2n) is 5.33. The van der Waals surface area contributed by atoms with Crippen LogP contribution in [0.4, 0.5) is 0 Å². The van der Waals surface area contributed by atoms with Gasteiger partial charge in [0, 0.05) is 11.0 Å². The summed E-state index contributed by atoms with van der Waals surface area (Å²) in [7, 11) is 0. The molecule has 0 unspecified atom stereocenters. The van der Waals surface area contributed by atoms with Gasteiger partial charge < -0.3 is 10.1 Å². The molecule has 0 aromatic heterocycles. The summed E-state index contributed by atoms with van der Waals surface area (Å²) in [6.07, 6.45) is 2.56. The van der Waals surface area contributed by atoms with E-state index in [0.717, 1.165) is 22.5 Å². The van der Waals surface area contributed by atoms with E-state index in [-0.39, 0.29) is 12.1 Å². The molecule has 3 nitrogen and oxygen atoms in total. The lowest BCUT2D eigenvalue weighted by atomic mass is 10.1. The molecule has 0 amide bonds. The average molecular weight is 326 g/mol. The number of rotatable bonds is 6. The highest BCUT2D eigenvalue weighted by atomic mass is 79.9. The summed E-state index contributed by atoms with van der Waals surface area (Å²) in [4.78, 5) is 12.0. The zero-order valence-electron chi connectivity index (χ0n) is 11.4. The molecule has 0 radical (unpaired) electrons. The van der Waals surface area contributed by atoms with Gasteiger partial charge in [-0.2, -0.15) is 0 Å². The fourth-order valence-electron chi connectivity index (χ4n) is 1.92. The molecular formula is C15H20BrNO2. The first-order chi connectivity index (χ1) is 9.06. The van der Waals surface area contributed by atoms with Crippen LogP contribution in [0.25, 0.3) is 0 Å². The lowest BCUT2D eigenvalue weighted by Gasteiger charge is -2.13. The number of halogens is 1. The van der Waals surface area contributed by atoms with E-state index in [1.807, 2.05) is 32.0 Å². The fourth-order valence-corrected chi connectivity index (χ4v) is 2.33. The molecule has 104 valence electrons. The van der Waals surface area contributed by atoms with E-state index in [1.165, 1.54) is 12.8 Å². The van der Waals surface area contributed by atoms with Crippen LogP contribution >= 0.6 is 15.9 Å². The monoisotopic (exact) mass is 325 g/mol. The molecule has 1 saturated carbocycles. The number of hydrogen-bond donors (Lipinski definition) is 1. The summed E-state index contributed by atoms with van der Waals surface area (Å²) < 4.78 is 6.26. The minimum absolute atomic E-state index is 0.0941. The van der Waals surface area contributed by atoms with E-state index in [2.05, 4.69) is 21.2 Å². The Morgan fingerprint density at radius 2 is 2.21 bits per heavy atom. The molecule has 19 heavy (non-hydrogen) atoms. The van der Waals surface area contributed by atoms with Crippen LogP contribution in [0.5, 0.6) is 0 Å². The molecule has 1 aromatic carbocycles. The Labute approximate surface area is 122 Å². The zero-order valence-corrected chi connectivity index (χ0v) is 13.0. The standard InChI is InChI=1S/C15H20BrNO2/c1-10(2)19-15(18)14-6-5-13(16)7-12(14)9-17-8-11-3-4-11/h5-7,10-11,17H,3-4,8-9H2,1-2H3. The van der Waals surface area contributed by atoms with Crippen molar-refractivity contribution < 1.29 is 9.53 Å². The number of esters is 1. The molecule has 0 aliphatic heterocycles. The summed E-state index contributed by atoms with van der Waals surface area (Å²) in [6, 6.07) is 5.68. The van der Waals surface area contributed by atoms with Crippen LogP contribution in [0.3, 0.4) is 0 Å². The third-order valence-corrected chi connectivity index (χ3v) is 3.57. The van der Waals surface area contributed by atoms with Crippen molar-refractivity contribution in [3.05, 3.63) is 33.8 Å². The predicted octanol–water partition coefficient (Wildman–Crippen LogP) is 3.51. The Balaban J connectivity index is 2.04. The van der Waals surface area contributed by atoms with Crippen LogP contribution in [0.1, 0.15) is 42.6 Å². The Bertz CT molecular complexity index is 455. The van der Waals surface area contributed by atoms with Gasteiger partial charge in [0.15, 0.2) is 0 Å². The number of carbonyl (C=O) groups excluding carboxylic acids is 1. The molecule has 1 aliphatic rings. The van der Waals surface area contributed by atoms with Crippen molar-refractivity contribution in [2.24, 2.45) is 5.92 Å². The molecule has 0 atom stereocenters. The molecule has 0 spiro atoms. The third kappa shape index (κ3) is 4.62.